The van der Waals surface area contributed by atoms with Crippen LogP contribution in [-0.2, 0) is 0 Å². The van der Waals surface area contributed by atoms with Crippen LogP contribution in [0.1, 0.15) is 12.0 Å². The van der Waals surface area contributed by atoms with E-state index in [1.165, 1.54) is 0 Å². The Labute approximate surface area is 104 Å². The monoisotopic (exact) mass is 278 g/mol. The van der Waals surface area contributed by atoms with Crippen LogP contribution < -0.4 is 0 Å². The van der Waals surface area contributed by atoms with E-state index in [0.717, 1.165) is 11.1 Å². The molecule has 0 heterocycles. The Bertz CT molecular complexity index is 428. The molecule has 1 atom stereocenters. The Kier molecular flexibility index (Phi) is 3.33. The molecule has 1 unspecified atom stereocenters. The highest BCUT2D eigenvalue weighted by Crippen LogP contribution is 2.41. The van der Waals surface area contributed by atoms with E-state index in [9.17, 15) is 10.0 Å². The summed E-state index contributed by atoms with van der Waals surface area (Å²) < 4.78 is -0.802. The molecule has 2 N–H and O–H groups in total. The van der Waals surface area contributed by atoms with Crippen molar-refractivity contribution in [2.24, 2.45) is 0 Å². The topological polar surface area (TPSA) is 40.5 Å². The molecule has 0 bridgehead atoms. The van der Waals surface area contributed by atoms with E-state index in [4.69, 9.17) is 0 Å². The molecule has 0 spiro atoms. The van der Waals surface area contributed by atoms with Gasteiger partial charge < -0.3 is 10.0 Å². The Morgan fingerprint density at radius 2 is 1.88 bits per heavy atom. The van der Waals surface area contributed by atoms with Crippen molar-refractivity contribution in [2.75, 3.05) is 0 Å². The lowest BCUT2D eigenvalue weighted by Crippen LogP contribution is -2.42. The second kappa shape index (κ2) is 4.57. The van der Waals surface area contributed by atoms with Crippen molar-refractivity contribution in [3.63, 3.8) is 0 Å². The molecule has 0 aliphatic heterocycles. The van der Waals surface area contributed by atoms with Crippen molar-refractivity contribution >= 4 is 28.6 Å². The first kappa shape index (κ1) is 11.6. The minimum Gasteiger partial charge on any atom is -0.426 e. The SMILES string of the molecule is OB(O)C1(Br)CC=CC=C1c1ccccc1. The molecular formula is C12H12BBrO2. The number of allylic oxidation sites excluding steroid dienone is 4. The Morgan fingerprint density at radius 3 is 2.50 bits per heavy atom. The zero-order chi connectivity index (χ0) is 11.6. The molecule has 1 aliphatic carbocycles. The van der Waals surface area contributed by atoms with Gasteiger partial charge in [0.05, 0.1) is 4.22 Å². The summed E-state index contributed by atoms with van der Waals surface area (Å²) in [5.41, 5.74) is 1.89. The second-order valence-electron chi connectivity index (χ2n) is 3.81. The standard InChI is InChI=1S/C12H12BBrO2/c14-12(13(15)16)9-5-4-8-11(12)10-6-2-1-3-7-10/h1-8,15-16H,9H2. The fourth-order valence-corrected chi connectivity index (χ4v) is 2.40. The van der Waals surface area contributed by atoms with E-state index in [-0.39, 0.29) is 0 Å². The van der Waals surface area contributed by atoms with Crippen molar-refractivity contribution in [3.05, 3.63) is 54.1 Å². The summed E-state index contributed by atoms with van der Waals surface area (Å²) in [6.45, 7) is 0. The predicted octanol–water partition coefficient (Wildman–Crippen LogP) is 2.18. The van der Waals surface area contributed by atoms with E-state index >= 15 is 0 Å². The first-order valence-electron chi connectivity index (χ1n) is 5.12. The smallest absolute Gasteiger partial charge is 0.426 e. The van der Waals surface area contributed by atoms with Gasteiger partial charge in [0.2, 0.25) is 0 Å². The Balaban J connectivity index is 2.45. The molecular weight excluding hydrogens is 267 g/mol. The lowest BCUT2D eigenvalue weighted by molar-refractivity contribution is 0.392. The van der Waals surface area contributed by atoms with Gasteiger partial charge in [0, 0.05) is 0 Å². The van der Waals surface area contributed by atoms with Crippen molar-refractivity contribution < 1.29 is 10.0 Å². The van der Waals surface area contributed by atoms with Crippen molar-refractivity contribution in [2.45, 2.75) is 10.6 Å². The lowest BCUT2D eigenvalue weighted by atomic mass is 9.63. The van der Waals surface area contributed by atoms with Gasteiger partial charge >= 0.3 is 7.12 Å². The number of alkyl halides is 1. The predicted molar refractivity (Wildman–Crippen MR) is 70.0 cm³/mol. The number of halogens is 1. The van der Waals surface area contributed by atoms with E-state index in [2.05, 4.69) is 15.9 Å². The molecule has 1 aromatic carbocycles. The number of hydrogen-bond acceptors (Lipinski definition) is 2. The molecule has 2 nitrogen and oxygen atoms in total. The van der Waals surface area contributed by atoms with Crippen LogP contribution in [0, 0.1) is 0 Å². The Morgan fingerprint density at radius 1 is 1.19 bits per heavy atom. The van der Waals surface area contributed by atoms with Gasteiger partial charge in [-0.2, -0.15) is 0 Å². The molecule has 16 heavy (non-hydrogen) atoms. The number of benzene rings is 1. The minimum absolute atomic E-state index is 0.561. The van der Waals surface area contributed by atoms with E-state index in [1.54, 1.807) is 0 Å². The quantitative estimate of drug-likeness (QED) is 0.643. The number of rotatable bonds is 2. The normalized spacial score (nSPS) is 24.1. The van der Waals surface area contributed by atoms with Gasteiger partial charge in [-0.25, -0.2) is 0 Å². The highest BCUT2D eigenvalue weighted by molar-refractivity contribution is 9.10. The third-order valence-corrected chi connectivity index (χ3v) is 3.92. The molecule has 0 amide bonds. The maximum atomic E-state index is 9.50. The summed E-state index contributed by atoms with van der Waals surface area (Å²) in [6.07, 6.45) is 6.32. The summed E-state index contributed by atoms with van der Waals surface area (Å²) in [5.74, 6) is 0. The average Bonchev–Trinajstić information content (AvgIpc) is 2.30. The fraction of sp³-hybridized carbons (Fsp3) is 0.167. The van der Waals surface area contributed by atoms with Gasteiger partial charge in [-0.15, -0.1) is 0 Å². The van der Waals surface area contributed by atoms with Gasteiger partial charge in [-0.05, 0) is 17.6 Å². The molecule has 0 saturated heterocycles. The lowest BCUT2D eigenvalue weighted by Gasteiger charge is -2.30. The zero-order valence-corrected chi connectivity index (χ0v) is 10.3. The van der Waals surface area contributed by atoms with Crippen molar-refractivity contribution in [1.29, 1.82) is 0 Å². The molecule has 1 aliphatic rings. The maximum Gasteiger partial charge on any atom is 0.474 e. The van der Waals surface area contributed by atoms with Crippen molar-refractivity contribution in [3.8, 4) is 0 Å². The molecule has 0 saturated carbocycles. The van der Waals surface area contributed by atoms with E-state index in [0.29, 0.717) is 6.42 Å². The summed E-state index contributed by atoms with van der Waals surface area (Å²) in [5, 5.41) is 19.0. The van der Waals surface area contributed by atoms with E-state index in [1.807, 2.05) is 48.6 Å². The van der Waals surface area contributed by atoms with Gasteiger partial charge in [-0.3, -0.25) is 0 Å². The van der Waals surface area contributed by atoms with Crippen LogP contribution in [0.15, 0.2) is 48.6 Å². The summed E-state index contributed by atoms with van der Waals surface area (Å²) in [4.78, 5) is 0. The second-order valence-corrected chi connectivity index (χ2v) is 5.23. The molecule has 0 fully saturated rings. The van der Waals surface area contributed by atoms with Crippen LogP contribution in [0.5, 0.6) is 0 Å². The van der Waals surface area contributed by atoms with Crippen LogP contribution >= 0.6 is 15.9 Å². The summed E-state index contributed by atoms with van der Waals surface area (Å²) >= 11 is 3.44. The summed E-state index contributed by atoms with van der Waals surface area (Å²) in [7, 11) is -1.43. The average molecular weight is 279 g/mol. The molecule has 0 aromatic heterocycles. The molecule has 82 valence electrons. The maximum absolute atomic E-state index is 9.50. The third kappa shape index (κ3) is 2.01. The molecule has 2 rings (SSSR count). The minimum atomic E-state index is -1.43. The van der Waals surface area contributed by atoms with Gasteiger partial charge in [0.15, 0.2) is 0 Å². The number of hydrogen-bond donors (Lipinski definition) is 2. The zero-order valence-electron chi connectivity index (χ0n) is 8.68. The van der Waals surface area contributed by atoms with Gasteiger partial charge in [0.1, 0.15) is 0 Å². The summed E-state index contributed by atoms with van der Waals surface area (Å²) in [6, 6.07) is 9.73. The fourth-order valence-electron chi connectivity index (χ4n) is 1.85. The highest BCUT2D eigenvalue weighted by Gasteiger charge is 2.43. The van der Waals surface area contributed by atoms with Crippen LogP contribution in [0.4, 0.5) is 0 Å². The van der Waals surface area contributed by atoms with Crippen LogP contribution in [0.25, 0.3) is 5.57 Å². The van der Waals surface area contributed by atoms with Gasteiger partial charge in [0.25, 0.3) is 0 Å². The van der Waals surface area contributed by atoms with Crippen molar-refractivity contribution in [1.82, 2.24) is 0 Å². The van der Waals surface area contributed by atoms with Crippen LogP contribution in [0.3, 0.4) is 0 Å². The third-order valence-electron chi connectivity index (χ3n) is 2.76. The van der Waals surface area contributed by atoms with E-state index < -0.39 is 11.3 Å². The Hall–Kier alpha value is -0.835. The van der Waals surface area contributed by atoms with Gasteiger partial charge in [-0.1, -0.05) is 64.5 Å². The molecule has 0 radical (unpaired) electrons. The highest BCUT2D eigenvalue weighted by atomic mass is 79.9. The first-order valence-corrected chi connectivity index (χ1v) is 5.91. The molecule has 1 aromatic rings. The van der Waals surface area contributed by atoms with Crippen LogP contribution in [0.2, 0.25) is 0 Å². The molecule has 4 heteroatoms. The van der Waals surface area contributed by atoms with Crippen LogP contribution in [-0.4, -0.2) is 21.4 Å². The largest absolute Gasteiger partial charge is 0.474 e. The first-order chi connectivity index (χ1) is 7.64.